The number of piperidine rings is 1. The van der Waals surface area contributed by atoms with Crippen LogP contribution in [0.5, 0.6) is 0 Å². The van der Waals surface area contributed by atoms with Gasteiger partial charge in [-0.15, -0.1) is 0 Å². The van der Waals surface area contributed by atoms with E-state index in [1.807, 2.05) is 0 Å². The fraction of sp³-hybridized carbons (Fsp3) is 1.00. The molecule has 0 radical (unpaired) electrons. The van der Waals surface area contributed by atoms with Crippen LogP contribution < -0.4 is 5.32 Å². The summed E-state index contributed by atoms with van der Waals surface area (Å²) in [6.45, 7) is 6.19. The molecule has 1 heterocycles. The Morgan fingerprint density at radius 1 is 1.05 bits per heavy atom. The van der Waals surface area contributed by atoms with Gasteiger partial charge in [0.25, 0.3) is 0 Å². The Kier molecular flexibility index (Phi) is 6.06. The molecule has 0 aromatic heterocycles. The first kappa shape index (κ1) is 17.2. The van der Waals surface area contributed by atoms with Crippen LogP contribution in [0.1, 0.15) is 65.7 Å². The Labute approximate surface area is 129 Å². The molecule has 2 aliphatic rings. The van der Waals surface area contributed by atoms with E-state index in [2.05, 4.69) is 26.1 Å². The van der Waals surface area contributed by atoms with Gasteiger partial charge >= 0.3 is 0 Å². The van der Waals surface area contributed by atoms with Crippen molar-refractivity contribution in [2.24, 2.45) is 11.8 Å². The van der Waals surface area contributed by atoms with E-state index in [0.717, 1.165) is 18.8 Å². The lowest BCUT2D eigenvalue weighted by atomic mass is 9.78. The van der Waals surface area contributed by atoms with Gasteiger partial charge in [-0.1, -0.05) is 19.3 Å². The average Bonchev–Trinajstić information content (AvgIpc) is 2.45. The molecule has 4 heteroatoms. The van der Waals surface area contributed by atoms with Crippen molar-refractivity contribution >= 4 is 0 Å². The number of methoxy groups -OCH3 is 1. The Hall–Kier alpha value is -0.160. The minimum Gasteiger partial charge on any atom is -0.368 e. The zero-order chi connectivity index (χ0) is 15.5. The van der Waals surface area contributed by atoms with Crippen LogP contribution in [0.4, 0.5) is 0 Å². The van der Waals surface area contributed by atoms with Crippen LogP contribution in [0, 0.1) is 11.8 Å². The molecular formula is C17H33NO3. The van der Waals surface area contributed by atoms with Crippen molar-refractivity contribution in [2.45, 2.75) is 89.9 Å². The van der Waals surface area contributed by atoms with Crippen molar-refractivity contribution in [3.63, 3.8) is 0 Å². The summed E-state index contributed by atoms with van der Waals surface area (Å²) in [7, 11) is 1.56. The minimum absolute atomic E-state index is 0.00839. The molecule has 4 unspecified atom stereocenters. The van der Waals surface area contributed by atoms with Crippen molar-refractivity contribution in [1.29, 1.82) is 0 Å². The number of aliphatic hydroxyl groups is 1. The van der Waals surface area contributed by atoms with Gasteiger partial charge in [0.2, 0.25) is 0 Å². The van der Waals surface area contributed by atoms with E-state index in [1.54, 1.807) is 7.11 Å². The third kappa shape index (κ3) is 4.92. The summed E-state index contributed by atoms with van der Waals surface area (Å²) in [4.78, 5) is 0. The van der Waals surface area contributed by atoms with Crippen LogP contribution in [0.15, 0.2) is 0 Å². The molecule has 0 amide bonds. The first-order valence-electron chi connectivity index (χ1n) is 8.55. The molecule has 0 aromatic carbocycles. The molecule has 4 nitrogen and oxygen atoms in total. The fourth-order valence-electron chi connectivity index (χ4n) is 3.82. The van der Waals surface area contributed by atoms with Crippen LogP contribution >= 0.6 is 0 Å². The maximum absolute atomic E-state index is 10.1. The highest BCUT2D eigenvalue weighted by molar-refractivity contribution is 4.89. The zero-order valence-electron chi connectivity index (χ0n) is 14.1. The molecule has 2 fully saturated rings. The van der Waals surface area contributed by atoms with Crippen molar-refractivity contribution in [3.05, 3.63) is 0 Å². The lowest BCUT2D eigenvalue weighted by Gasteiger charge is -2.44. The number of hydrogen-bond acceptors (Lipinski definition) is 4. The highest BCUT2D eigenvalue weighted by Gasteiger charge is 2.39. The number of rotatable bonds is 4. The molecule has 0 bridgehead atoms. The zero-order valence-corrected chi connectivity index (χ0v) is 14.1. The maximum Gasteiger partial charge on any atom is 0.160 e. The first-order chi connectivity index (χ1) is 9.90. The molecule has 21 heavy (non-hydrogen) atoms. The Morgan fingerprint density at radius 2 is 1.71 bits per heavy atom. The first-order valence-corrected chi connectivity index (χ1v) is 8.55. The van der Waals surface area contributed by atoms with Gasteiger partial charge in [-0.05, 0) is 52.4 Å². The van der Waals surface area contributed by atoms with Crippen molar-refractivity contribution in [1.82, 2.24) is 5.32 Å². The quantitative estimate of drug-likeness (QED) is 0.783. The van der Waals surface area contributed by atoms with Gasteiger partial charge in [-0.2, -0.15) is 0 Å². The van der Waals surface area contributed by atoms with Gasteiger partial charge in [0.15, 0.2) is 6.29 Å². The monoisotopic (exact) mass is 299 g/mol. The lowest BCUT2D eigenvalue weighted by molar-refractivity contribution is -0.197. The van der Waals surface area contributed by atoms with Crippen molar-refractivity contribution < 1.29 is 14.6 Å². The minimum atomic E-state index is -0.753. The fourth-order valence-corrected chi connectivity index (χ4v) is 3.82. The SMILES string of the molecule is COC(O)C1CCC(C2CCCCC2)NC1OC(C)(C)C. The lowest BCUT2D eigenvalue weighted by Crippen LogP contribution is -2.56. The van der Waals surface area contributed by atoms with E-state index in [4.69, 9.17) is 9.47 Å². The van der Waals surface area contributed by atoms with Crippen LogP contribution in [-0.4, -0.2) is 36.4 Å². The van der Waals surface area contributed by atoms with Gasteiger partial charge < -0.3 is 14.6 Å². The third-order valence-electron chi connectivity index (χ3n) is 4.89. The maximum atomic E-state index is 10.1. The van der Waals surface area contributed by atoms with Crippen LogP contribution in [0.3, 0.4) is 0 Å². The molecule has 0 spiro atoms. The smallest absolute Gasteiger partial charge is 0.160 e. The summed E-state index contributed by atoms with van der Waals surface area (Å²) < 4.78 is 11.3. The molecule has 2 rings (SSSR count). The summed E-state index contributed by atoms with van der Waals surface area (Å²) >= 11 is 0. The third-order valence-corrected chi connectivity index (χ3v) is 4.89. The number of aliphatic hydroxyl groups excluding tert-OH is 1. The average molecular weight is 299 g/mol. The second-order valence-corrected chi connectivity index (χ2v) is 7.69. The van der Waals surface area contributed by atoms with Crippen LogP contribution in [-0.2, 0) is 9.47 Å². The van der Waals surface area contributed by atoms with Gasteiger partial charge in [-0.25, -0.2) is 0 Å². The Bertz CT molecular complexity index is 310. The summed E-state index contributed by atoms with van der Waals surface area (Å²) in [5.41, 5.74) is -0.224. The molecular weight excluding hydrogens is 266 g/mol. The van der Waals surface area contributed by atoms with Crippen LogP contribution in [0.2, 0.25) is 0 Å². The molecule has 124 valence electrons. The van der Waals surface area contributed by atoms with E-state index < -0.39 is 6.29 Å². The topological polar surface area (TPSA) is 50.7 Å². The van der Waals surface area contributed by atoms with E-state index >= 15 is 0 Å². The summed E-state index contributed by atoms with van der Waals surface area (Å²) in [6, 6.07) is 0.526. The van der Waals surface area contributed by atoms with E-state index in [-0.39, 0.29) is 17.7 Å². The normalized spacial score (nSPS) is 33.9. The standard InChI is InChI=1S/C17H33NO3/c1-17(2,3)21-15-13(16(19)20-4)10-11-14(18-15)12-8-6-5-7-9-12/h12-16,18-19H,5-11H2,1-4H3. The molecule has 1 aliphatic carbocycles. The predicted octanol–water partition coefficient (Wildman–Crippen LogP) is 3.04. The summed E-state index contributed by atoms with van der Waals surface area (Å²) in [5, 5.41) is 13.8. The number of hydrogen-bond donors (Lipinski definition) is 2. The molecule has 1 saturated carbocycles. The van der Waals surface area contributed by atoms with Crippen molar-refractivity contribution in [3.8, 4) is 0 Å². The van der Waals surface area contributed by atoms with E-state index in [9.17, 15) is 5.11 Å². The van der Waals surface area contributed by atoms with Crippen molar-refractivity contribution in [2.75, 3.05) is 7.11 Å². The van der Waals surface area contributed by atoms with Gasteiger partial charge in [-0.3, -0.25) is 5.32 Å². The van der Waals surface area contributed by atoms with Gasteiger partial charge in [0.1, 0.15) is 6.23 Å². The summed E-state index contributed by atoms with van der Waals surface area (Å²) in [6.07, 6.45) is 7.96. The molecule has 2 N–H and O–H groups in total. The van der Waals surface area contributed by atoms with Crippen LogP contribution in [0.25, 0.3) is 0 Å². The molecule has 4 atom stereocenters. The van der Waals surface area contributed by atoms with Gasteiger partial charge in [0, 0.05) is 19.1 Å². The molecule has 1 aliphatic heterocycles. The second-order valence-electron chi connectivity index (χ2n) is 7.69. The number of ether oxygens (including phenoxy) is 2. The second kappa shape index (κ2) is 7.40. The highest BCUT2D eigenvalue weighted by Crippen LogP contribution is 2.34. The highest BCUT2D eigenvalue weighted by atomic mass is 16.6. The molecule has 0 aromatic rings. The van der Waals surface area contributed by atoms with E-state index in [0.29, 0.717) is 6.04 Å². The number of nitrogens with one attached hydrogen (secondary N) is 1. The van der Waals surface area contributed by atoms with E-state index in [1.165, 1.54) is 32.1 Å². The predicted molar refractivity (Wildman–Crippen MR) is 83.9 cm³/mol. The summed E-state index contributed by atoms with van der Waals surface area (Å²) in [5.74, 6) is 0.777. The van der Waals surface area contributed by atoms with Gasteiger partial charge in [0.05, 0.1) is 5.60 Å². The largest absolute Gasteiger partial charge is 0.368 e. The Morgan fingerprint density at radius 3 is 2.29 bits per heavy atom. The Balaban J connectivity index is 2.01. The molecule has 1 saturated heterocycles.